The van der Waals surface area contributed by atoms with Gasteiger partial charge in [0.1, 0.15) is 5.82 Å². The van der Waals surface area contributed by atoms with Gasteiger partial charge in [-0.15, -0.1) is 10.2 Å². The van der Waals surface area contributed by atoms with E-state index in [1.54, 1.807) is 25.2 Å². The van der Waals surface area contributed by atoms with Crippen molar-refractivity contribution in [2.75, 3.05) is 33.7 Å². The molecule has 0 unspecified atom stereocenters. The van der Waals surface area contributed by atoms with Crippen molar-refractivity contribution >= 4 is 22.8 Å². The first-order valence-electron chi connectivity index (χ1n) is 11.0. The number of fused-ring (bicyclic) bond motifs is 2. The van der Waals surface area contributed by atoms with Crippen molar-refractivity contribution in [2.45, 2.75) is 31.8 Å². The Labute approximate surface area is 186 Å². The zero-order valence-electron chi connectivity index (χ0n) is 18.4. The van der Waals surface area contributed by atoms with Crippen LogP contribution in [0, 0.1) is 0 Å². The molecular formula is C23H27N7O2. The number of pyridine rings is 1. The van der Waals surface area contributed by atoms with Crippen molar-refractivity contribution in [3.05, 3.63) is 53.7 Å². The number of hydrogen-bond donors (Lipinski definition) is 0. The van der Waals surface area contributed by atoms with Crippen molar-refractivity contribution in [3.8, 4) is 0 Å². The molecule has 4 heterocycles. The van der Waals surface area contributed by atoms with Crippen molar-refractivity contribution < 1.29 is 9.59 Å². The number of hydrogen-bond acceptors (Lipinski definition) is 5. The van der Waals surface area contributed by atoms with Crippen LogP contribution in [0.4, 0.5) is 4.79 Å². The molecule has 1 fully saturated rings. The first-order chi connectivity index (χ1) is 15.5. The van der Waals surface area contributed by atoms with Crippen LogP contribution in [0.5, 0.6) is 0 Å². The molecule has 9 heteroatoms. The number of piperidine rings is 1. The summed E-state index contributed by atoms with van der Waals surface area (Å²) in [6.45, 7) is 3.22. The zero-order chi connectivity index (χ0) is 22.2. The predicted molar refractivity (Wildman–Crippen MR) is 119 cm³/mol. The fourth-order valence-electron chi connectivity index (χ4n) is 4.66. The van der Waals surface area contributed by atoms with Crippen LogP contribution in [0.25, 0.3) is 10.9 Å². The molecule has 1 saturated heterocycles. The fraction of sp³-hybridized carbons (Fsp3) is 0.435. The maximum absolute atomic E-state index is 13.1. The summed E-state index contributed by atoms with van der Waals surface area (Å²) >= 11 is 0. The highest BCUT2D eigenvalue weighted by Crippen LogP contribution is 2.29. The number of urea groups is 1. The standard InChI is InChI=1S/C23H27N7O2/c1-27(2)23(32)28-10-7-16(8-11-28)21-26-25-20-15-29(12-13-30(20)21)22(31)18-5-6-19-17(14-18)4-3-9-24-19/h3-6,9,14,16H,7-8,10-13,15H2,1-2H3. The number of likely N-dealkylation sites (tertiary alicyclic amines) is 1. The van der Waals surface area contributed by atoms with Crippen molar-refractivity contribution in [3.63, 3.8) is 0 Å². The summed E-state index contributed by atoms with van der Waals surface area (Å²) in [5.74, 6) is 2.11. The van der Waals surface area contributed by atoms with Gasteiger partial charge in [0.15, 0.2) is 5.82 Å². The summed E-state index contributed by atoms with van der Waals surface area (Å²) in [4.78, 5) is 35.0. The highest BCUT2D eigenvalue weighted by molar-refractivity contribution is 5.97. The molecule has 1 aromatic carbocycles. The molecule has 3 aromatic rings. The van der Waals surface area contributed by atoms with E-state index >= 15 is 0 Å². The number of carbonyl (C=O) groups is 2. The van der Waals surface area contributed by atoms with Gasteiger partial charge in [-0.3, -0.25) is 9.78 Å². The van der Waals surface area contributed by atoms with Gasteiger partial charge in [0.25, 0.3) is 5.91 Å². The summed E-state index contributed by atoms with van der Waals surface area (Å²) in [5, 5.41) is 9.86. The first kappa shape index (κ1) is 20.4. The SMILES string of the molecule is CN(C)C(=O)N1CCC(c2nnc3n2CCN(C(=O)c2ccc4ncccc4c2)C3)CC1. The van der Waals surface area contributed by atoms with Crippen LogP contribution in [-0.2, 0) is 13.1 Å². The van der Waals surface area contributed by atoms with Crippen LogP contribution >= 0.6 is 0 Å². The number of amides is 3. The monoisotopic (exact) mass is 433 g/mol. The number of carbonyl (C=O) groups excluding carboxylic acids is 2. The molecule has 2 aromatic heterocycles. The summed E-state index contributed by atoms with van der Waals surface area (Å²) in [6, 6.07) is 9.53. The van der Waals surface area contributed by atoms with E-state index in [1.165, 1.54) is 0 Å². The van der Waals surface area contributed by atoms with Gasteiger partial charge in [0, 0.05) is 63.3 Å². The third-order valence-corrected chi connectivity index (χ3v) is 6.43. The average molecular weight is 434 g/mol. The Bertz CT molecular complexity index is 1160. The Hall–Kier alpha value is -3.49. The van der Waals surface area contributed by atoms with Gasteiger partial charge in [-0.05, 0) is 37.1 Å². The molecule has 3 amide bonds. The van der Waals surface area contributed by atoms with Crippen molar-refractivity contribution in [1.82, 2.24) is 34.4 Å². The van der Waals surface area contributed by atoms with Crippen LogP contribution in [0.1, 0.15) is 40.8 Å². The predicted octanol–water partition coefficient (Wildman–Crippen LogP) is 2.34. The number of aromatic nitrogens is 4. The van der Waals surface area contributed by atoms with Crippen molar-refractivity contribution in [2.24, 2.45) is 0 Å². The third-order valence-electron chi connectivity index (χ3n) is 6.43. The Kier molecular flexibility index (Phi) is 5.24. The Morgan fingerprint density at radius 2 is 1.81 bits per heavy atom. The highest BCUT2D eigenvalue weighted by Gasteiger charge is 2.31. The molecule has 166 valence electrons. The second-order valence-corrected chi connectivity index (χ2v) is 8.70. The van der Waals surface area contributed by atoms with E-state index in [4.69, 9.17) is 0 Å². The van der Waals surface area contributed by atoms with E-state index in [9.17, 15) is 9.59 Å². The van der Waals surface area contributed by atoms with Crippen LogP contribution in [-0.4, -0.2) is 80.1 Å². The van der Waals surface area contributed by atoms with Gasteiger partial charge < -0.3 is 19.3 Å². The molecule has 0 aliphatic carbocycles. The summed E-state index contributed by atoms with van der Waals surface area (Å²) in [5.41, 5.74) is 1.54. The Balaban J connectivity index is 1.27. The molecule has 5 rings (SSSR count). The summed E-state index contributed by atoms with van der Waals surface area (Å²) in [6.07, 6.45) is 3.51. The molecule has 0 spiro atoms. The lowest BCUT2D eigenvalue weighted by molar-refractivity contribution is 0.0706. The molecule has 2 aliphatic rings. The Morgan fingerprint density at radius 1 is 1.00 bits per heavy atom. The van der Waals surface area contributed by atoms with Crippen molar-refractivity contribution in [1.29, 1.82) is 0 Å². The molecule has 0 N–H and O–H groups in total. The number of nitrogens with zero attached hydrogens (tertiary/aromatic N) is 7. The molecule has 0 radical (unpaired) electrons. The van der Waals surface area contributed by atoms with Crippen LogP contribution in [0.15, 0.2) is 36.5 Å². The van der Waals surface area contributed by atoms with Gasteiger partial charge in [-0.1, -0.05) is 6.07 Å². The molecule has 0 bridgehead atoms. The Morgan fingerprint density at radius 3 is 2.59 bits per heavy atom. The van der Waals surface area contributed by atoms with Gasteiger partial charge in [-0.25, -0.2) is 4.79 Å². The van der Waals surface area contributed by atoms with E-state index in [0.29, 0.717) is 25.2 Å². The molecule has 0 saturated carbocycles. The maximum Gasteiger partial charge on any atom is 0.319 e. The smallest absolute Gasteiger partial charge is 0.319 e. The second kappa shape index (κ2) is 8.22. The third kappa shape index (κ3) is 3.68. The minimum absolute atomic E-state index is 0.00191. The molecule has 32 heavy (non-hydrogen) atoms. The largest absolute Gasteiger partial charge is 0.331 e. The van der Waals surface area contributed by atoms with Gasteiger partial charge >= 0.3 is 6.03 Å². The minimum Gasteiger partial charge on any atom is -0.331 e. The number of benzene rings is 1. The van der Waals surface area contributed by atoms with E-state index < -0.39 is 0 Å². The molecule has 0 atom stereocenters. The lowest BCUT2D eigenvalue weighted by Crippen LogP contribution is -2.44. The van der Waals surface area contributed by atoms with E-state index in [2.05, 4.69) is 19.7 Å². The van der Waals surface area contributed by atoms with E-state index in [1.807, 2.05) is 40.1 Å². The normalized spacial score (nSPS) is 16.8. The molecule has 9 nitrogen and oxygen atoms in total. The topological polar surface area (TPSA) is 87.5 Å². The van der Waals surface area contributed by atoms with Gasteiger partial charge in [0.2, 0.25) is 0 Å². The van der Waals surface area contributed by atoms with E-state index in [-0.39, 0.29) is 17.9 Å². The van der Waals surface area contributed by atoms with E-state index in [0.717, 1.165) is 48.5 Å². The fourth-order valence-corrected chi connectivity index (χ4v) is 4.66. The van der Waals surface area contributed by atoms with Crippen LogP contribution < -0.4 is 0 Å². The second-order valence-electron chi connectivity index (χ2n) is 8.70. The summed E-state index contributed by atoms with van der Waals surface area (Å²) < 4.78 is 2.17. The lowest BCUT2D eigenvalue weighted by Gasteiger charge is -2.34. The maximum atomic E-state index is 13.1. The molecule has 2 aliphatic heterocycles. The average Bonchev–Trinajstić information content (AvgIpc) is 3.26. The first-order valence-corrected chi connectivity index (χ1v) is 11.0. The highest BCUT2D eigenvalue weighted by atomic mass is 16.2. The minimum atomic E-state index is 0.00191. The quantitative estimate of drug-likeness (QED) is 0.619. The van der Waals surface area contributed by atoms with Gasteiger partial charge in [-0.2, -0.15) is 0 Å². The van der Waals surface area contributed by atoms with Crippen LogP contribution in [0.3, 0.4) is 0 Å². The molecular weight excluding hydrogens is 406 g/mol. The van der Waals surface area contributed by atoms with Gasteiger partial charge in [0.05, 0.1) is 12.1 Å². The lowest BCUT2D eigenvalue weighted by atomic mass is 9.96. The van der Waals surface area contributed by atoms with Crippen LogP contribution in [0.2, 0.25) is 0 Å². The zero-order valence-corrected chi connectivity index (χ0v) is 18.4. The summed E-state index contributed by atoms with van der Waals surface area (Å²) in [7, 11) is 3.57. The number of rotatable bonds is 2.